The van der Waals surface area contributed by atoms with Gasteiger partial charge in [0, 0.05) is 55.0 Å². The molecule has 2 fully saturated rings. The van der Waals surface area contributed by atoms with Gasteiger partial charge in [-0.3, -0.25) is 5.32 Å². The summed E-state index contributed by atoms with van der Waals surface area (Å²) in [5, 5.41) is 2.78. The van der Waals surface area contributed by atoms with Crippen molar-refractivity contribution in [2.24, 2.45) is 0 Å². The highest BCUT2D eigenvalue weighted by molar-refractivity contribution is 7.80. The Morgan fingerprint density at radius 3 is 2.36 bits per heavy atom. The zero-order valence-electron chi connectivity index (χ0n) is 21.8. The average molecular weight is 540 g/mol. The Bertz CT molecular complexity index is 1440. The highest BCUT2D eigenvalue weighted by atomic mass is 32.2. The van der Waals surface area contributed by atoms with Gasteiger partial charge in [0.15, 0.2) is 15.5 Å². The molecule has 4 aromatic rings. The maximum Gasteiger partial charge on any atom is 0.417 e. The highest BCUT2D eigenvalue weighted by Crippen LogP contribution is 2.51. The summed E-state index contributed by atoms with van der Waals surface area (Å²) in [6, 6.07) is 27.5. The number of hydrogen-bond acceptors (Lipinski definition) is 6. The maximum absolute atomic E-state index is 12.3. The number of carbonyl (C=O) groups excluding carboxylic acids is 1. The third-order valence-corrected chi connectivity index (χ3v) is 8.63. The molecule has 7 nitrogen and oxygen atoms in total. The van der Waals surface area contributed by atoms with Crippen LogP contribution in [0.3, 0.4) is 0 Å². The number of aryl methyl sites for hydroxylation is 1. The van der Waals surface area contributed by atoms with Gasteiger partial charge in [0.2, 0.25) is 0 Å². The lowest BCUT2D eigenvalue weighted by Gasteiger charge is -2.28. The topological polar surface area (TPSA) is 76.6 Å². The van der Waals surface area contributed by atoms with Crippen LogP contribution in [0.1, 0.15) is 24.1 Å². The van der Waals surface area contributed by atoms with Gasteiger partial charge in [-0.15, -0.1) is 0 Å². The lowest BCUT2D eigenvalue weighted by atomic mass is 10.1. The number of aromatic nitrogens is 2. The molecule has 0 radical (unpaired) electrons. The molecule has 1 N–H and O–H groups in total. The highest BCUT2D eigenvalue weighted by Gasteiger charge is 2.55. The molecule has 0 unspecified atom stereocenters. The molecule has 1 saturated carbocycles. The van der Waals surface area contributed by atoms with E-state index in [4.69, 9.17) is 19.4 Å². The van der Waals surface area contributed by atoms with Crippen LogP contribution in [0.5, 0.6) is 5.75 Å². The van der Waals surface area contributed by atoms with Crippen LogP contribution in [0, 0.1) is 6.92 Å². The average Bonchev–Trinajstić information content (AvgIpc) is 3.76. The Labute approximate surface area is 232 Å². The molecule has 1 aliphatic heterocycles. The van der Waals surface area contributed by atoms with Crippen molar-refractivity contribution in [3.05, 3.63) is 96.2 Å². The number of hydrogen-bond donors (Lipinski definition) is 1. The zero-order valence-corrected chi connectivity index (χ0v) is 22.7. The van der Waals surface area contributed by atoms with Crippen molar-refractivity contribution in [3.63, 3.8) is 0 Å². The van der Waals surface area contributed by atoms with Gasteiger partial charge >= 0.3 is 6.09 Å². The van der Waals surface area contributed by atoms with Crippen LogP contribution in [0.4, 0.5) is 16.3 Å². The number of amides is 1. The van der Waals surface area contributed by atoms with Crippen LogP contribution in [-0.2, 0) is 21.2 Å². The van der Waals surface area contributed by atoms with E-state index in [1.807, 2.05) is 42.5 Å². The molecule has 0 atom stereocenters. The Kier molecular flexibility index (Phi) is 7.22. The molecular weight excluding hydrogens is 508 g/mol. The number of thiol groups is 1. The first-order valence-corrected chi connectivity index (χ1v) is 14.1. The summed E-state index contributed by atoms with van der Waals surface area (Å²) < 4.78 is 10.9. The predicted octanol–water partition coefficient (Wildman–Crippen LogP) is 5.76. The van der Waals surface area contributed by atoms with Crippen LogP contribution in [-0.4, -0.2) is 42.4 Å². The molecule has 8 heteroatoms. The van der Waals surface area contributed by atoms with Crippen LogP contribution >= 0.6 is 0 Å². The second-order valence-electron chi connectivity index (χ2n) is 9.92. The second kappa shape index (κ2) is 11.1. The molecule has 39 heavy (non-hydrogen) atoms. The van der Waals surface area contributed by atoms with Gasteiger partial charge in [-0.25, -0.2) is 14.8 Å². The first-order valence-electron chi connectivity index (χ1n) is 13.2. The largest absolute Gasteiger partial charge is 0.417 e. The standard InChI is InChI=1S/C31H30N4O3S/c1-22-7-13-26(14-8-22)39-31(15-16-31)27-21-28(35-17-19-37-20-18-35)34-29(33-27)23-9-11-24(12-10-23)32-30(36)38-25-5-3-2-4-6-25/h2-14,21H,15-20H2,1H3,(H,32,36)/p+1. The van der Waals surface area contributed by atoms with Gasteiger partial charge < -0.3 is 14.4 Å². The molecule has 1 aromatic heterocycles. The predicted molar refractivity (Wildman–Crippen MR) is 156 cm³/mol. The van der Waals surface area contributed by atoms with Gasteiger partial charge in [-0.1, -0.05) is 35.9 Å². The zero-order chi connectivity index (χ0) is 26.7. The number of benzene rings is 3. The van der Waals surface area contributed by atoms with E-state index in [1.165, 1.54) is 22.2 Å². The number of rotatable bonds is 7. The van der Waals surface area contributed by atoms with Crippen molar-refractivity contribution < 1.29 is 14.3 Å². The second-order valence-corrected chi connectivity index (χ2v) is 11.5. The van der Waals surface area contributed by atoms with Crippen LogP contribution in [0.15, 0.2) is 89.8 Å². The minimum absolute atomic E-state index is 0.0106. The molecule has 1 saturated heterocycles. The van der Waals surface area contributed by atoms with E-state index < -0.39 is 6.09 Å². The van der Waals surface area contributed by atoms with Gasteiger partial charge in [-0.2, -0.15) is 0 Å². The molecule has 3 aromatic carbocycles. The minimum Gasteiger partial charge on any atom is -0.410 e. The van der Waals surface area contributed by atoms with Crippen molar-refractivity contribution >= 4 is 29.4 Å². The molecule has 0 bridgehead atoms. The van der Waals surface area contributed by atoms with Crippen LogP contribution < -0.4 is 15.0 Å². The van der Waals surface area contributed by atoms with Crippen molar-refractivity contribution in [2.75, 3.05) is 36.5 Å². The summed E-state index contributed by atoms with van der Waals surface area (Å²) in [6.07, 6.45) is 1.68. The molecule has 2 aliphatic rings. The smallest absolute Gasteiger partial charge is 0.410 e. The summed E-state index contributed by atoms with van der Waals surface area (Å²) in [4.78, 5) is 26.0. The van der Waals surface area contributed by atoms with Gasteiger partial charge in [0.1, 0.15) is 17.3 Å². The van der Waals surface area contributed by atoms with E-state index in [0.29, 0.717) is 30.5 Å². The van der Waals surface area contributed by atoms with E-state index in [9.17, 15) is 4.79 Å². The first-order chi connectivity index (χ1) is 19.1. The van der Waals surface area contributed by atoms with Gasteiger partial charge in [-0.05, 0) is 55.5 Å². The molecule has 1 amide bonds. The molecular formula is C31H31N4O3S+. The summed E-state index contributed by atoms with van der Waals surface area (Å²) in [5.74, 6) is 2.13. The molecule has 6 rings (SSSR count). The molecule has 198 valence electrons. The molecule has 1 aliphatic carbocycles. The molecule has 2 heterocycles. The van der Waals surface area contributed by atoms with E-state index in [1.54, 1.807) is 12.1 Å². The van der Waals surface area contributed by atoms with Crippen LogP contribution in [0.2, 0.25) is 0 Å². The Morgan fingerprint density at radius 1 is 0.949 bits per heavy atom. The number of para-hydroxylation sites is 1. The summed E-state index contributed by atoms with van der Waals surface area (Å²) in [5.41, 5.74) is 3.89. The van der Waals surface area contributed by atoms with Crippen molar-refractivity contribution in [3.8, 4) is 17.1 Å². The Balaban J connectivity index is 1.26. The normalized spacial score (nSPS) is 16.0. The van der Waals surface area contributed by atoms with E-state index in [-0.39, 0.29) is 4.75 Å². The Morgan fingerprint density at radius 2 is 1.67 bits per heavy atom. The van der Waals surface area contributed by atoms with E-state index in [0.717, 1.165) is 43.0 Å². The summed E-state index contributed by atoms with van der Waals surface area (Å²) in [6.45, 7) is 5.13. The van der Waals surface area contributed by atoms with Crippen LogP contribution in [0.25, 0.3) is 11.4 Å². The fourth-order valence-electron chi connectivity index (χ4n) is 4.61. The van der Waals surface area contributed by atoms with E-state index in [2.05, 4.69) is 47.5 Å². The van der Waals surface area contributed by atoms with Gasteiger partial charge in [0.25, 0.3) is 0 Å². The minimum atomic E-state index is -0.535. The number of carbonyl (C=O) groups is 1. The maximum atomic E-state index is 12.3. The first kappa shape index (κ1) is 25.4. The number of ether oxygens (including phenoxy) is 2. The fraction of sp³-hybridized carbons (Fsp3) is 0.258. The molecule has 0 spiro atoms. The third-order valence-electron chi connectivity index (χ3n) is 6.97. The number of anilines is 2. The van der Waals surface area contributed by atoms with Crippen molar-refractivity contribution in [1.82, 2.24) is 9.97 Å². The SMILES string of the molecule is Cc1ccc([SH+]C2(c3cc(N4CCOCC4)nc(-c4ccc(NC(=O)Oc5ccccc5)cc4)n3)CC2)cc1. The number of morpholine rings is 1. The fourth-order valence-corrected chi connectivity index (χ4v) is 5.96. The lowest BCUT2D eigenvalue weighted by Crippen LogP contribution is -2.37. The third kappa shape index (κ3) is 6.08. The van der Waals surface area contributed by atoms with E-state index >= 15 is 0 Å². The van der Waals surface area contributed by atoms with Crippen molar-refractivity contribution in [1.29, 1.82) is 0 Å². The lowest BCUT2D eigenvalue weighted by molar-refractivity contribution is 0.122. The summed E-state index contributed by atoms with van der Waals surface area (Å²) >= 11 is 1.28. The number of nitrogens with one attached hydrogen (secondary N) is 1. The summed E-state index contributed by atoms with van der Waals surface area (Å²) in [7, 11) is 0. The monoisotopic (exact) mass is 539 g/mol. The van der Waals surface area contributed by atoms with Crippen molar-refractivity contribution in [2.45, 2.75) is 29.4 Å². The Hall–Kier alpha value is -3.88. The quantitative estimate of drug-likeness (QED) is 0.238. The number of nitrogens with zero attached hydrogens (tertiary/aromatic N) is 3. The van der Waals surface area contributed by atoms with Gasteiger partial charge in [0.05, 0.1) is 13.2 Å².